The summed E-state index contributed by atoms with van der Waals surface area (Å²) in [5.74, 6) is 14.9. The van der Waals surface area contributed by atoms with E-state index in [1.54, 1.807) is 37.4 Å². The third-order valence-electron chi connectivity index (χ3n) is 4.67. The molecule has 0 aliphatic heterocycles. The first-order chi connectivity index (χ1) is 18.0. The van der Waals surface area contributed by atoms with Crippen molar-refractivity contribution in [1.82, 2.24) is 10.9 Å². The van der Waals surface area contributed by atoms with Gasteiger partial charge in [0.2, 0.25) is 0 Å². The van der Waals surface area contributed by atoms with Crippen LogP contribution >= 0.6 is 0 Å². The van der Waals surface area contributed by atoms with Gasteiger partial charge in [-0.15, -0.1) is 25.7 Å². The van der Waals surface area contributed by atoms with Crippen LogP contribution in [0, 0.1) is 37.5 Å². The molecule has 6 N–H and O–H groups in total. The maximum Gasteiger partial charge on any atom is 0.268 e. The molecular weight excluding hydrogens is 468 g/mol. The van der Waals surface area contributed by atoms with Crippen molar-refractivity contribution >= 4 is 12.2 Å². The average Bonchev–Trinajstić information content (AvgIpc) is 2.95. The van der Waals surface area contributed by atoms with E-state index in [-0.39, 0.29) is 18.8 Å². The van der Waals surface area contributed by atoms with Gasteiger partial charge in [-0.05, 0) is 53.6 Å². The molecule has 37 heavy (non-hydrogen) atoms. The van der Waals surface area contributed by atoms with Crippen LogP contribution < -0.4 is 32.0 Å². The molecule has 0 radical (unpaired) electrons. The minimum Gasteiger partial charge on any atom is -0.480 e. The van der Waals surface area contributed by atoms with Gasteiger partial charge < -0.3 is 9.47 Å². The van der Waals surface area contributed by atoms with Crippen LogP contribution in [0.4, 0.5) is 0 Å². The number of aldehydes is 1. The van der Waals surface area contributed by atoms with Crippen molar-refractivity contribution in [1.29, 1.82) is 0 Å². The largest absolute Gasteiger partial charge is 0.480 e. The molecule has 0 fully saturated rings. The molecule has 0 aliphatic rings. The molecule has 0 saturated carbocycles. The molecule has 3 aromatic rings. The molecule has 0 bridgehead atoms. The van der Waals surface area contributed by atoms with Crippen LogP contribution in [0.2, 0.25) is 0 Å². The molecule has 188 valence electrons. The highest BCUT2D eigenvalue weighted by Gasteiger charge is 2.13. The summed E-state index contributed by atoms with van der Waals surface area (Å²) in [4.78, 5) is 23.2. The van der Waals surface area contributed by atoms with Gasteiger partial charge in [-0.2, -0.15) is 0 Å². The lowest BCUT2D eigenvalue weighted by atomic mass is 9.98. The van der Waals surface area contributed by atoms with Crippen molar-refractivity contribution in [2.45, 2.75) is 0 Å². The van der Waals surface area contributed by atoms with Gasteiger partial charge in [-0.1, -0.05) is 48.2 Å². The van der Waals surface area contributed by atoms with E-state index < -0.39 is 5.91 Å². The number of nitrogens with two attached hydrogens (primary N) is 2. The lowest BCUT2D eigenvalue weighted by molar-refractivity contribution is 0.0950. The van der Waals surface area contributed by atoms with Crippen LogP contribution in [0.25, 0.3) is 22.3 Å². The van der Waals surface area contributed by atoms with E-state index in [1.165, 1.54) is 0 Å². The molecular formula is C29H28N4O4. The zero-order valence-electron chi connectivity index (χ0n) is 20.4. The molecule has 1 amide bonds. The Morgan fingerprint density at radius 1 is 0.838 bits per heavy atom. The van der Waals surface area contributed by atoms with Crippen LogP contribution in [0.1, 0.15) is 20.7 Å². The third kappa shape index (κ3) is 8.60. The maximum atomic E-state index is 12.0. The van der Waals surface area contributed by atoms with E-state index in [4.69, 9.17) is 28.2 Å². The Morgan fingerprint density at radius 2 is 1.27 bits per heavy atom. The molecule has 0 saturated heterocycles. The predicted molar refractivity (Wildman–Crippen MR) is 146 cm³/mol. The van der Waals surface area contributed by atoms with Crippen LogP contribution in [0.15, 0.2) is 60.7 Å². The minimum absolute atomic E-state index is 0.0219. The van der Waals surface area contributed by atoms with Crippen molar-refractivity contribution in [2.24, 2.45) is 11.7 Å². The highest BCUT2D eigenvalue weighted by molar-refractivity contribution is 5.97. The first kappa shape index (κ1) is 30.0. The number of rotatable bonds is 8. The van der Waals surface area contributed by atoms with Crippen molar-refractivity contribution in [3.63, 3.8) is 0 Å². The number of hydrogen-bond acceptors (Lipinski definition) is 7. The fraction of sp³-hybridized carbons (Fsp3) is 0.103. The zero-order chi connectivity index (χ0) is 27.6. The normalized spacial score (nSPS) is 9.05. The molecule has 0 heterocycles. The summed E-state index contributed by atoms with van der Waals surface area (Å²) in [7, 11) is 1.65. The summed E-state index contributed by atoms with van der Waals surface area (Å²) in [6.07, 6.45) is 19.3. The molecule has 0 unspecified atom stereocenters. The number of benzene rings is 3. The molecule has 3 aromatic carbocycles. The van der Waals surface area contributed by atoms with Crippen LogP contribution in [0.3, 0.4) is 0 Å². The van der Waals surface area contributed by atoms with Crippen LogP contribution in [0.5, 0.6) is 11.5 Å². The van der Waals surface area contributed by atoms with E-state index in [2.05, 4.69) is 41.4 Å². The maximum absolute atomic E-state index is 12.0. The summed E-state index contributed by atoms with van der Waals surface area (Å²) >= 11 is 0. The van der Waals surface area contributed by atoms with E-state index in [0.29, 0.717) is 17.1 Å². The van der Waals surface area contributed by atoms with Crippen molar-refractivity contribution < 1.29 is 19.1 Å². The van der Waals surface area contributed by atoms with Crippen LogP contribution in [-0.4, -0.2) is 32.5 Å². The first-order valence-electron chi connectivity index (χ1n) is 10.7. The summed E-state index contributed by atoms with van der Waals surface area (Å²) in [6.45, 7) is 0.0968. The fourth-order valence-corrected chi connectivity index (χ4v) is 3.12. The van der Waals surface area contributed by atoms with Gasteiger partial charge in [0.15, 0.2) is 6.29 Å². The highest BCUT2D eigenvalue weighted by atomic mass is 16.5. The Hall–Kier alpha value is -5.04. The Morgan fingerprint density at radius 3 is 1.73 bits per heavy atom. The first-order valence-corrected chi connectivity index (χ1v) is 10.7. The van der Waals surface area contributed by atoms with E-state index >= 15 is 0 Å². The standard InChI is InChI=1S/C26H20N2O4.C2H2.CH6N2/c1-3-13-31-24-15-20(9-10-22(24)17-29)18-5-7-19(8-6-18)21-11-12-23(26(30)28-27)25(16-21)32-14-4-2;1-2;1-3-2/h1-2,5-12,15-17H,13-14,27H2,(H,28,30);1-2H;3H,2H2,1H3. The second-order valence-corrected chi connectivity index (χ2v) is 6.91. The lowest BCUT2D eigenvalue weighted by Crippen LogP contribution is -2.30. The van der Waals surface area contributed by atoms with Crippen molar-refractivity contribution in [2.75, 3.05) is 20.3 Å². The monoisotopic (exact) mass is 496 g/mol. The van der Waals surface area contributed by atoms with E-state index in [9.17, 15) is 9.59 Å². The summed E-state index contributed by atoms with van der Waals surface area (Å²) in [5, 5.41) is 0. The number of ether oxygens (including phenoxy) is 2. The topological polar surface area (TPSA) is 129 Å². The van der Waals surface area contributed by atoms with Crippen LogP contribution in [-0.2, 0) is 0 Å². The van der Waals surface area contributed by atoms with Crippen molar-refractivity contribution in [3.05, 3.63) is 71.8 Å². The summed E-state index contributed by atoms with van der Waals surface area (Å²) in [6, 6.07) is 18.2. The number of hydrazine groups is 2. The molecule has 8 nitrogen and oxygen atoms in total. The average molecular weight is 497 g/mol. The quantitative estimate of drug-likeness (QED) is 0.124. The molecule has 0 atom stereocenters. The number of carbonyl (C=O) groups excluding carboxylic acids is 2. The van der Waals surface area contributed by atoms with Gasteiger partial charge in [0.05, 0.1) is 11.1 Å². The Bertz CT molecular complexity index is 1290. The number of nitrogen functional groups attached to an aromatic ring is 1. The van der Waals surface area contributed by atoms with Gasteiger partial charge in [-0.25, -0.2) is 5.84 Å². The predicted octanol–water partition coefficient (Wildman–Crippen LogP) is 2.79. The Kier molecular flexibility index (Phi) is 13.4. The minimum atomic E-state index is -0.472. The second kappa shape index (κ2) is 16.6. The van der Waals surface area contributed by atoms with Gasteiger partial charge in [0.1, 0.15) is 24.7 Å². The van der Waals surface area contributed by atoms with Crippen molar-refractivity contribution in [3.8, 4) is 71.3 Å². The van der Waals surface area contributed by atoms with E-state index in [1.807, 2.05) is 30.3 Å². The number of terminal acetylenes is 3. The number of amides is 1. The smallest absolute Gasteiger partial charge is 0.268 e. The number of nitrogens with one attached hydrogen (secondary N) is 2. The highest BCUT2D eigenvalue weighted by Crippen LogP contribution is 2.31. The molecule has 0 aliphatic carbocycles. The third-order valence-corrected chi connectivity index (χ3v) is 4.67. The molecule has 3 rings (SSSR count). The van der Waals surface area contributed by atoms with E-state index in [0.717, 1.165) is 28.5 Å². The molecule has 8 heteroatoms. The second-order valence-electron chi connectivity index (χ2n) is 6.91. The van der Waals surface area contributed by atoms with Gasteiger partial charge in [0, 0.05) is 0 Å². The summed E-state index contributed by atoms with van der Waals surface area (Å²) < 4.78 is 11.0. The zero-order valence-corrected chi connectivity index (χ0v) is 20.4. The Balaban J connectivity index is 0.00000127. The number of hydrogen-bond donors (Lipinski definition) is 4. The molecule has 0 spiro atoms. The van der Waals surface area contributed by atoms with Gasteiger partial charge in [-0.3, -0.25) is 26.3 Å². The number of carbonyl (C=O) groups is 2. The Labute approximate surface area is 217 Å². The summed E-state index contributed by atoms with van der Waals surface area (Å²) in [5.41, 5.74) is 8.62. The van der Waals surface area contributed by atoms with Gasteiger partial charge >= 0.3 is 0 Å². The SMILES string of the molecule is C#C.C#CCOc1cc(-c2ccc(-c3ccc(C(=O)NN)c(OCC#C)c3)cc2)ccc1C=O.CNN. The van der Waals surface area contributed by atoms with Gasteiger partial charge in [0.25, 0.3) is 5.91 Å². The fourth-order valence-electron chi connectivity index (χ4n) is 3.12. The lowest BCUT2D eigenvalue weighted by Gasteiger charge is -2.12. The molecule has 0 aromatic heterocycles.